The lowest BCUT2D eigenvalue weighted by Gasteiger charge is -2.27. The zero-order valence-electron chi connectivity index (χ0n) is 11.7. The number of nitrogens with zero attached hydrogens (tertiary/aromatic N) is 1. The van der Waals surface area contributed by atoms with Crippen LogP contribution < -0.4 is 10.5 Å². The van der Waals surface area contributed by atoms with Gasteiger partial charge in [0.2, 0.25) is 0 Å². The van der Waals surface area contributed by atoms with Gasteiger partial charge < -0.3 is 10.5 Å². The molecule has 0 bridgehead atoms. The van der Waals surface area contributed by atoms with Crippen molar-refractivity contribution in [1.82, 2.24) is 4.90 Å². The van der Waals surface area contributed by atoms with Gasteiger partial charge in [-0.05, 0) is 32.0 Å². The first-order chi connectivity index (χ1) is 8.93. The van der Waals surface area contributed by atoms with Gasteiger partial charge >= 0.3 is 0 Å². The molecular formula is C14H22BrN3O. The Hall–Kier alpha value is -1.07. The van der Waals surface area contributed by atoms with Crippen molar-refractivity contribution < 1.29 is 4.74 Å². The molecule has 0 aliphatic heterocycles. The summed E-state index contributed by atoms with van der Waals surface area (Å²) in [5, 5.41) is 7.34. The number of halogens is 1. The monoisotopic (exact) mass is 327 g/mol. The second-order valence-corrected chi connectivity index (χ2v) is 5.71. The molecule has 1 aromatic rings. The molecule has 0 unspecified atom stereocenters. The van der Waals surface area contributed by atoms with Crippen molar-refractivity contribution >= 4 is 21.8 Å². The van der Waals surface area contributed by atoms with E-state index < -0.39 is 0 Å². The largest absolute Gasteiger partial charge is 0.496 e. The number of nitrogens with one attached hydrogen (secondary N) is 1. The summed E-state index contributed by atoms with van der Waals surface area (Å²) in [5.41, 5.74) is 6.57. The third-order valence-corrected chi connectivity index (χ3v) is 3.51. The van der Waals surface area contributed by atoms with E-state index in [-0.39, 0.29) is 5.84 Å². The lowest BCUT2D eigenvalue weighted by molar-refractivity contribution is 0.216. The SMILES string of the molecule is COc1ccc(Br)cc1CN(CCC(=N)N)C(C)C. The van der Waals surface area contributed by atoms with Crippen LogP contribution in [0.3, 0.4) is 0 Å². The van der Waals surface area contributed by atoms with E-state index in [0.717, 1.165) is 28.9 Å². The third kappa shape index (κ3) is 5.20. The fourth-order valence-corrected chi connectivity index (χ4v) is 2.28. The minimum absolute atomic E-state index is 0.229. The lowest BCUT2D eigenvalue weighted by Crippen LogP contribution is -2.33. The van der Waals surface area contributed by atoms with Crippen LogP contribution in [-0.2, 0) is 6.54 Å². The van der Waals surface area contributed by atoms with Crippen molar-refractivity contribution in [3.05, 3.63) is 28.2 Å². The number of amidine groups is 1. The summed E-state index contributed by atoms with van der Waals surface area (Å²) in [6.45, 7) is 5.85. The van der Waals surface area contributed by atoms with E-state index in [0.29, 0.717) is 12.5 Å². The number of hydrogen-bond acceptors (Lipinski definition) is 3. The van der Waals surface area contributed by atoms with E-state index in [1.54, 1.807) is 7.11 Å². The van der Waals surface area contributed by atoms with Crippen LogP contribution in [0.2, 0.25) is 0 Å². The Bertz CT molecular complexity index is 435. The molecule has 106 valence electrons. The predicted molar refractivity (Wildman–Crippen MR) is 82.8 cm³/mol. The van der Waals surface area contributed by atoms with Crippen LogP contribution in [0.15, 0.2) is 22.7 Å². The van der Waals surface area contributed by atoms with Gasteiger partial charge in [-0.2, -0.15) is 0 Å². The van der Waals surface area contributed by atoms with E-state index in [2.05, 4.69) is 40.7 Å². The fraction of sp³-hybridized carbons (Fsp3) is 0.500. The number of rotatable bonds is 7. The molecule has 19 heavy (non-hydrogen) atoms. The van der Waals surface area contributed by atoms with Gasteiger partial charge in [0.05, 0.1) is 12.9 Å². The lowest BCUT2D eigenvalue weighted by atomic mass is 10.1. The van der Waals surface area contributed by atoms with Gasteiger partial charge in [0.15, 0.2) is 0 Å². The van der Waals surface area contributed by atoms with Gasteiger partial charge in [-0.1, -0.05) is 15.9 Å². The van der Waals surface area contributed by atoms with Gasteiger partial charge in [-0.15, -0.1) is 0 Å². The standard InChI is InChI=1S/C14H22BrN3O/c1-10(2)18(7-6-14(16)17)9-11-8-12(15)4-5-13(11)19-3/h4-5,8,10H,6-7,9H2,1-3H3,(H3,16,17). The van der Waals surface area contributed by atoms with Gasteiger partial charge in [-0.25, -0.2) is 0 Å². The zero-order chi connectivity index (χ0) is 14.4. The molecule has 0 aliphatic carbocycles. The average Bonchev–Trinajstić information content (AvgIpc) is 2.34. The summed E-state index contributed by atoms with van der Waals surface area (Å²) >= 11 is 3.49. The summed E-state index contributed by atoms with van der Waals surface area (Å²) in [6, 6.07) is 6.39. The second kappa shape index (κ2) is 7.50. The normalized spacial score (nSPS) is 11.1. The van der Waals surface area contributed by atoms with Crippen LogP contribution in [0, 0.1) is 5.41 Å². The molecule has 0 atom stereocenters. The number of ether oxygens (including phenoxy) is 1. The molecule has 0 saturated carbocycles. The summed E-state index contributed by atoms with van der Waals surface area (Å²) in [7, 11) is 1.68. The summed E-state index contributed by atoms with van der Waals surface area (Å²) in [6.07, 6.45) is 0.592. The van der Waals surface area contributed by atoms with Gasteiger partial charge in [0.1, 0.15) is 5.75 Å². The van der Waals surface area contributed by atoms with Crippen LogP contribution in [-0.4, -0.2) is 30.4 Å². The van der Waals surface area contributed by atoms with Crippen molar-refractivity contribution in [3.63, 3.8) is 0 Å². The Morgan fingerprint density at radius 2 is 2.16 bits per heavy atom. The van der Waals surface area contributed by atoms with E-state index >= 15 is 0 Å². The molecule has 0 fully saturated rings. The number of benzene rings is 1. The summed E-state index contributed by atoms with van der Waals surface area (Å²) in [5.74, 6) is 1.11. The summed E-state index contributed by atoms with van der Waals surface area (Å²) < 4.78 is 6.43. The smallest absolute Gasteiger partial charge is 0.123 e. The maximum Gasteiger partial charge on any atom is 0.123 e. The fourth-order valence-electron chi connectivity index (χ4n) is 1.87. The maximum atomic E-state index is 7.34. The van der Waals surface area contributed by atoms with Gasteiger partial charge in [-0.3, -0.25) is 10.3 Å². The van der Waals surface area contributed by atoms with Crippen molar-refractivity contribution in [2.45, 2.75) is 32.9 Å². The third-order valence-electron chi connectivity index (χ3n) is 3.01. The van der Waals surface area contributed by atoms with Crippen molar-refractivity contribution in [1.29, 1.82) is 5.41 Å². The number of hydrogen-bond donors (Lipinski definition) is 2. The first-order valence-corrected chi connectivity index (χ1v) is 7.12. The molecular weight excluding hydrogens is 306 g/mol. The Morgan fingerprint density at radius 1 is 1.47 bits per heavy atom. The zero-order valence-corrected chi connectivity index (χ0v) is 13.3. The molecule has 0 saturated heterocycles. The molecule has 3 N–H and O–H groups in total. The highest BCUT2D eigenvalue weighted by molar-refractivity contribution is 9.10. The van der Waals surface area contributed by atoms with Crippen molar-refractivity contribution in [2.75, 3.05) is 13.7 Å². The molecule has 4 nitrogen and oxygen atoms in total. The predicted octanol–water partition coefficient (Wildman–Crippen LogP) is 2.99. The first-order valence-electron chi connectivity index (χ1n) is 6.33. The number of methoxy groups -OCH3 is 1. The van der Waals surface area contributed by atoms with E-state index in [1.807, 2.05) is 12.1 Å². The second-order valence-electron chi connectivity index (χ2n) is 4.80. The van der Waals surface area contributed by atoms with Crippen LogP contribution in [0.5, 0.6) is 5.75 Å². The van der Waals surface area contributed by atoms with E-state index in [1.165, 1.54) is 0 Å². The molecule has 0 radical (unpaired) electrons. The van der Waals surface area contributed by atoms with Crippen LogP contribution in [0.4, 0.5) is 0 Å². The highest BCUT2D eigenvalue weighted by atomic mass is 79.9. The van der Waals surface area contributed by atoms with Gasteiger partial charge in [0.25, 0.3) is 0 Å². The van der Waals surface area contributed by atoms with Crippen molar-refractivity contribution in [3.8, 4) is 5.75 Å². The minimum Gasteiger partial charge on any atom is -0.496 e. The molecule has 0 aromatic heterocycles. The Labute approximate surface area is 123 Å². The molecule has 5 heteroatoms. The molecule has 0 amide bonds. The highest BCUT2D eigenvalue weighted by Gasteiger charge is 2.13. The molecule has 1 rings (SSSR count). The quantitative estimate of drug-likeness (QED) is 0.597. The highest BCUT2D eigenvalue weighted by Crippen LogP contribution is 2.25. The van der Waals surface area contributed by atoms with Crippen molar-refractivity contribution in [2.24, 2.45) is 5.73 Å². The average molecular weight is 328 g/mol. The number of nitrogens with two attached hydrogens (primary N) is 1. The Kier molecular flexibility index (Phi) is 6.31. The molecule has 0 aliphatic rings. The van der Waals surface area contributed by atoms with Crippen LogP contribution in [0.25, 0.3) is 0 Å². The molecule has 0 heterocycles. The topological polar surface area (TPSA) is 62.3 Å². The van der Waals surface area contributed by atoms with Crippen LogP contribution in [0.1, 0.15) is 25.8 Å². The van der Waals surface area contributed by atoms with E-state index in [4.69, 9.17) is 15.9 Å². The molecule has 0 spiro atoms. The van der Waals surface area contributed by atoms with E-state index in [9.17, 15) is 0 Å². The maximum absolute atomic E-state index is 7.34. The van der Waals surface area contributed by atoms with Gasteiger partial charge in [0, 0.05) is 35.6 Å². The Morgan fingerprint density at radius 3 is 2.68 bits per heavy atom. The van der Waals surface area contributed by atoms with Crippen LogP contribution >= 0.6 is 15.9 Å². The minimum atomic E-state index is 0.229. The molecule has 1 aromatic carbocycles. The first kappa shape index (κ1) is 16.0. The Balaban J connectivity index is 2.83. The summed E-state index contributed by atoms with van der Waals surface area (Å²) in [4.78, 5) is 2.28.